The molecule has 3 aromatic rings. The highest BCUT2D eigenvalue weighted by atomic mass is 35.5. The molecule has 2 unspecified atom stereocenters. The van der Waals surface area contributed by atoms with Crippen LogP contribution in [-0.2, 0) is 7.05 Å². The first-order valence-electron chi connectivity index (χ1n) is 6.65. The quantitative estimate of drug-likeness (QED) is 0.698. The Morgan fingerprint density at radius 3 is 2.62 bits per heavy atom. The van der Waals surface area contributed by atoms with E-state index in [4.69, 9.17) is 11.6 Å². The fourth-order valence-corrected chi connectivity index (χ4v) is 2.73. The summed E-state index contributed by atoms with van der Waals surface area (Å²) in [5, 5.41) is 7.69. The molecule has 0 saturated carbocycles. The van der Waals surface area contributed by atoms with Crippen LogP contribution in [0.3, 0.4) is 0 Å². The van der Waals surface area contributed by atoms with Gasteiger partial charge < -0.3 is 9.13 Å². The topological polar surface area (TPSA) is 48.5 Å². The molecular formula is C14H15ClFN5. The molecule has 0 aliphatic rings. The standard InChI is InChI=1S/C14H15ClFN5/c1-8(15)13-18-12-10(16)5-4-6-11(12)21(13)9(2)14-19-17-7-20(14)3/h4-9H,1-3H3. The van der Waals surface area contributed by atoms with Gasteiger partial charge in [0.05, 0.1) is 16.9 Å². The van der Waals surface area contributed by atoms with Crippen LogP contribution in [0.4, 0.5) is 4.39 Å². The lowest BCUT2D eigenvalue weighted by Crippen LogP contribution is -2.15. The summed E-state index contributed by atoms with van der Waals surface area (Å²) < 4.78 is 17.7. The largest absolute Gasteiger partial charge is 0.319 e. The molecular weight excluding hydrogens is 293 g/mol. The van der Waals surface area contributed by atoms with E-state index in [9.17, 15) is 4.39 Å². The molecule has 0 bridgehead atoms. The molecule has 0 saturated heterocycles. The minimum atomic E-state index is -0.352. The second kappa shape index (κ2) is 5.11. The lowest BCUT2D eigenvalue weighted by atomic mass is 10.2. The Kier molecular flexibility index (Phi) is 3.41. The van der Waals surface area contributed by atoms with Crippen molar-refractivity contribution in [3.63, 3.8) is 0 Å². The van der Waals surface area contributed by atoms with Gasteiger partial charge in [0.2, 0.25) is 0 Å². The van der Waals surface area contributed by atoms with Gasteiger partial charge in [-0.1, -0.05) is 6.07 Å². The number of hydrogen-bond donors (Lipinski definition) is 0. The van der Waals surface area contributed by atoms with E-state index in [0.29, 0.717) is 16.9 Å². The van der Waals surface area contributed by atoms with Crippen LogP contribution < -0.4 is 0 Å². The molecule has 21 heavy (non-hydrogen) atoms. The smallest absolute Gasteiger partial charge is 0.155 e. The van der Waals surface area contributed by atoms with Crippen LogP contribution in [0.2, 0.25) is 0 Å². The van der Waals surface area contributed by atoms with E-state index in [1.165, 1.54) is 6.07 Å². The molecule has 0 aliphatic heterocycles. The average Bonchev–Trinajstić information content (AvgIpc) is 3.02. The first kappa shape index (κ1) is 14.0. The lowest BCUT2D eigenvalue weighted by Gasteiger charge is -2.17. The van der Waals surface area contributed by atoms with Crippen LogP contribution in [0.15, 0.2) is 24.5 Å². The summed E-state index contributed by atoms with van der Waals surface area (Å²) in [5.41, 5.74) is 1.03. The van der Waals surface area contributed by atoms with E-state index in [2.05, 4.69) is 15.2 Å². The van der Waals surface area contributed by atoms with Crippen molar-refractivity contribution < 1.29 is 4.39 Å². The number of para-hydroxylation sites is 1. The van der Waals surface area contributed by atoms with E-state index in [1.807, 2.05) is 36.1 Å². The first-order valence-corrected chi connectivity index (χ1v) is 7.08. The minimum absolute atomic E-state index is 0.152. The van der Waals surface area contributed by atoms with Crippen LogP contribution in [-0.4, -0.2) is 24.3 Å². The van der Waals surface area contributed by atoms with Crippen molar-refractivity contribution in [3.05, 3.63) is 42.0 Å². The van der Waals surface area contributed by atoms with Gasteiger partial charge in [-0.15, -0.1) is 21.8 Å². The van der Waals surface area contributed by atoms with E-state index >= 15 is 0 Å². The molecule has 2 heterocycles. The molecule has 2 aromatic heterocycles. The minimum Gasteiger partial charge on any atom is -0.319 e. The molecule has 0 amide bonds. The second-order valence-electron chi connectivity index (χ2n) is 5.04. The molecule has 7 heteroatoms. The van der Waals surface area contributed by atoms with E-state index in [1.54, 1.807) is 12.4 Å². The predicted molar refractivity (Wildman–Crippen MR) is 78.8 cm³/mol. The van der Waals surface area contributed by atoms with Gasteiger partial charge in [-0.2, -0.15) is 0 Å². The van der Waals surface area contributed by atoms with Crippen molar-refractivity contribution >= 4 is 22.6 Å². The van der Waals surface area contributed by atoms with Crippen LogP contribution in [0.5, 0.6) is 0 Å². The Balaban J connectivity index is 2.27. The molecule has 0 N–H and O–H groups in total. The maximum atomic E-state index is 14.0. The van der Waals surface area contributed by atoms with Gasteiger partial charge in [-0.3, -0.25) is 0 Å². The summed E-state index contributed by atoms with van der Waals surface area (Å²) in [7, 11) is 1.87. The van der Waals surface area contributed by atoms with Crippen molar-refractivity contribution in [1.29, 1.82) is 0 Å². The van der Waals surface area contributed by atoms with Gasteiger partial charge in [0.15, 0.2) is 11.6 Å². The number of fused-ring (bicyclic) bond motifs is 1. The fraction of sp³-hybridized carbons (Fsp3) is 0.357. The number of aryl methyl sites for hydroxylation is 1. The number of imidazole rings is 1. The Hall–Kier alpha value is -1.95. The van der Waals surface area contributed by atoms with Gasteiger partial charge in [-0.25, -0.2) is 9.37 Å². The molecule has 0 spiro atoms. The Morgan fingerprint density at radius 1 is 1.24 bits per heavy atom. The van der Waals surface area contributed by atoms with Crippen molar-refractivity contribution in [2.24, 2.45) is 7.05 Å². The summed E-state index contributed by atoms with van der Waals surface area (Å²) >= 11 is 6.23. The van der Waals surface area contributed by atoms with Gasteiger partial charge in [0, 0.05) is 7.05 Å². The van der Waals surface area contributed by atoms with Crippen LogP contribution in [0.25, 0.3) is 11.0 Å². The number of alkyl halides is 1. The maximum absolute atomic E-state index is 14.0. The van der Waals surface area contributed by atoms with E-state index < -0.39 is 0 Å². The lowest BCUT2D eigenvalue weighted by molar-refractivity contribution is 0.563. The zero-order chi connectivity index (χ0) is 15.1. The molecule has 5 nitrogen and oxygen atoms in total. The summed E-state index contributed by atoms with van der Waals surface area (Å²) in [6.07, 6.45) is 1.63. The number of aromatic nitrogens is 5. The zero-order valence-corrected chi connectivity index (χ0v) is 12.7. The van der Waals surface area contributed by atoms with Crippen LogP contribution in [0.1, 0.15) is 36.9 Å². The summed E-state index contributed by atoms with van der Waals surface area (Å²) in [5.74, 6) is 1.03. The van der Waals surface area contributed by atoms with Gasteiger partial charge >= 0.3 is 0 Å². The van der Waals surface area contributed by atoms with Crippen molar-refractivity contribution in [1.82, 2.24) is 24.3 Å². The number of halogens is 2. The van der Waals surface area contributed by atoms with Crippen LogP contribution >= 0.6 is 11.6 Å². The Bertz CT molecular complexity index is 792. The maximum Gasteiger partial charge on any atom is 0.155 e. The van der Waals surface area contributed by atoms with Crippen molar-refractivity contribution in [3.8, 4) is 0 Å². The van der Waals surface area contributed by atoms with E-state index in [0.717, 1.165) is 5.82 Å². The Morgan fingerprint density at radius 2 is 2.00 bits per heavy atom. The van der Waals surface area contributed by atoms with Crippen LogP contribution in [0, 0.1) is 5.82 Å². The zero-order valence-electron chi connectivity index (χ0n) is 12.0. The Labute approximate surface area is 126 Å². The average molecular weight is 308 g/mol. The van der Waals surface area contributed by atoms with Gasteiger partial charge in [0.1, 0.15) is 17.7 Å². The predicted octanol–water partition coefficient (Wildman–Crippen LogP) is 3.21. The molecule has 0 aliphatic carbocycles. The van der Waals surface area contributed by atoms with Crippen molar-refractivity contribution in [2.45, 2.75) is 25.3 Å². The number of rotatable bonds is 3. The molecule has 3 rings (SSSR count). The molecule has 1 aromatic carbocycles. The third kappa shape index (κ3) is 2.19. The third-order valence-electron chi connectivity index (χ3n) is 3.56. The molecule has 2 atom stereocenters. The SMILES string of the molecule is CC(Cl)c1nc2c(F)cccc2n1C(C)c1nncn1C. The monoisotopic (exact) mass is 307 g/mol. The van der Waals surface area contributed by atoms with Crippen molar-refractivity contribution in [2.75, 3.05) is 0 Å². The highest BCUT2D eigenvalue weighted by molar-refractivity contribution is 6.20. The number of hydrogen-bond acceptors (Lipinski definition) is 3. The van der Waals surface area contributed by atoms with Gasteiger partial charge in [0.25, 0.3) is 0 Å². The third-order valence-corrected chi connectivity index (χ3v) is 3.76. The summed E-state index contributed by atoms with van der Waals surface area (Å²) in [4.78, 5) is 4.37. The highest BCUT2D eigenvalue weighted by Gasteiger charge is 2.23. The highest BCUT2D eigenvalue weighted by Crippen LogP contribution is 2.31. The number of benzene rings is 1. The van der Waals surface area contributed by atoms with Gasteiger partial charge in [-0.05, 0) is 26.0 Å². The van der Waals surface area contributed by atoms with E-state index in [-0.39, 0.29) is 17.2 Å². The first-order chi connectivity index (χ1) is 10.0. The normalized spacial score (nSPS) is 14.5. The summed E-state index contributed by atoms with van der Waals surface area (Å²) in [6.45, 7) is 3.79. The summed E-state index contributed by atoms with van der Waals surface area (Å²) in [6, 6.07) is 4.75. The fourth-order valence-electron chi connectivity index (χ4n) is 2.57. The second-order valence-corrected chi connectivity index (χ2v) is 5.69. The number of nitrogens with zero attached hydrogens (tertiary/aromatic N) is 5. The molecule has 0 radical (unpaired) electrons. The molecule has 0 fully saturated rings. The molecule has 110 valence electrons.